The van der Waals surface area contributed by atoms with E-state index < -0.39 is 11.9 Å². The number of fused-ring (bicyclic) bond motifs is 1. The highest BCUT2D eigenvalue weighted by atomic mass is 35.5. The third-order valence-electron chi connectivity index (χ3n) is 4.44. The monoisotopic (exact) mass is 487 g/mol. The van der Waals surface area contributed by atoms with Crippen LogP contribution < -0.4 is 14.8 Å². The van der Waals surface area contributed by atoms with Crippen molar-refractivity contribution in [2.24, 2.45) is 0 Å². The Kier molecular flexibility index (Phi) is 6.57. The molecular formula is C21H15Cl2N5O5. The summed E-state index contributed by atoms with van der Waals surface area (Å²) in [7, 11) is 0. The second-order valence-corrected chi connectivity index (χ2v) is 7.61. The van der Waals surface area contributed by atoms with E-state index in [0.29, 0.717) is 33.1 Å². The number of benzene rings is 3. The van der Waals surface area contributed by atoms with E-state index in [0.717, 1.165) is 0 Å². The number of halogens is 2. The molecule has 0 unspecified atom stereocenters. The minimum atomic E-state index is -1.15. The normalized spacial score (nSPS) is 10.7. The number of nitrogens with one attached hydrogen (secondary N) is 2. The van der Waals surface area contributed by atoms with Crippen molar-refractivity contribution >= 4 is 51.5 Å². The first-order chi connectivity index (χ1) is 15.9. The molecule has 0 spiro atoms. The van der Waals surface area contributed by atoms with E-state index in [4.69, 9.17) is 32.7 Å². The number of anilines is 1. The van der Waals surface area contributed by atoms with Gasteiger partial charge in [0.25, 0.3) is 5.91 Å². The molecule has 0 saturated carbocycles. The van der Waals surface area contributed by atoms with Crippen LogP contribution in [0.15, 0.2) is 48.5 Å². The molecule has 0 aliphatic carbocycles. The van der Waals surface area contributed by atoms with Crippen molar-refractivity contribution in [1.29, 1.82) is 0 Å². The second kappa shape index (κ2) is 9.72. The van der Waals surface area contributed by atoms with Crippen LogP contribution in [-0.2, 0) is 11.4 Å². The van der Waals surface area contributed by atoms with E-state index in [1.807, 2.05) is 0 Å². The van der Waals surface area contributed by atoms with Crippen molar-refractivity contribution in [3.63, 3.8) is 0 Å². The van der Waals surface area contributed by atoms with Gasteiger partial charge in [-0.3, -0.25) is 4.79 Å². The Morgan fingerprint density at radius 2 is 1.85 bits per heavy atom. The summed E-state index contributed by atoms with van der Waals surface area (Å²) < 4.78 is 11.1. The van der Waals surface area contributed by atoms with Gasteiger partial charge in [-0.15, -0.1) is 5.10 Å². The first-order valence-electron chi connectivity index (χ1n) is 9.43. The predicted molar refractivity (Wildman–Crippen MR) is 120 cm³/mol. The number of aromatic amines is 1. The predicted octanol–water partition coefficient (Wildman–Crippen LogP) is 3.95. The van der Waals surface area contributed by atoms with Crippen LogP contribution in [0, 0.1) is 0 Å². The number of carbonyl (C=O) groups excluding carboxylic acids is 1. The van der Waals surface area contributed by atoms with E-state index in [9.17, 15) is 14.7 Å². The van der Waals surface area contributed by atoms with Crippen LogP contribution in [0.4, 0.5) is 5.69 Å². The van der Waals surface area contributed by atoms with Gasteiger partial charge in [0.05, 0.1) is 10.6 Å². The lowest BCUT2D eigenvalue weighted by atomic mass is 10.1. The highest BCUT2D eigenvalue weighted by Gasteiger charge is 2.15. The number of hydrogen-bond acceptors (Lipinski definition) is 7. The smallest absolute Gasteiger partial charge is 0.335 e. The molecule has 0 aliphatic heterocycles. The Hall–Kier alpha value is -3.89. The quantitative estimate of drug-likeness (QED) is 0.339. The van der Waals surface area contributed by atoms with Crippen molar-refractivity contribution in [1.82, 2.24) is 20.6 Å². The molecule has 10 nitrogen and oxygen atoms in total. The lowest BCUT2D eigenvalue weighted by molar-refractivity contribution is -0.118. The summed E-state index contributed by atoms with van der Waals surface area (Å²) in [6, 6.07) is 12.5. The third kappa shape index (κ3) is 5.48. The molecule has 3 aromatic carbocycles. The zero-order chi connectivity index (χ0) is 23.4. The number of carboxylic acid groups (broad SMARTS) is 1. The molecule has 4 aromatic rings. The fourth-order valence-corrected chi connectivity index (χ4v) is 3.60. The summed E-state index contributed by atoms with van der Waals surface area (Å²) in [6.07, 6.45) is 0. The van der Waals surface area contributed by atoms with Gasteiger partial charge in [-0.25, -0.2) is 9.89 Å². The van der Waals surface area contributed by atoms with Gasteiger partial charge < -0.3 is 19.9 Å². The summed E-state index contributed by atoms with van der Waals surface area (Å²) in [6.45, 7) is -0.197. The van der Waals surface area contributed by atoms with E-state index in [1.165, 1.54) is 18.2 Å². The van der Waals surface area contributed by atoms with Crippen molar-refractivity contribution in [2.45, 2.75) is 6.61 Å². The molecule has 4 rings (SSSR count). The summed E-state index contributed by atoms with van der Waals surface area (Å²) >= 11 is 12.3. The SMILES string of the molecule is O=C(COc1cc(C(=O)O)cc2cc(Cl)cc(Cl)c12)Nc1ccc(OCc2nnn[nH]2)cc1. The molecule has 12 heteroatoms. The number of aromatic carboxylic acids is 1. The van der Waals surface area contributed by atoms with E-state index in [2.05, 4.69) is 25.9 Å². The molecule has 0 bridgehead atoms. The van der Waals surface area contributed by atoms with E-state index >= 15 is 0 Å². The van der Waals surface area contributed by atoms with Crippen LogP contribution in [0.3, 0.4) is 0 Å². The highest BCUT2D eigenvalue weighted by Crippen LogP contribution is 2.36. The minimum Gasteiger partial charge on any atom is -0.486 e. The lowest BCUT2D eigenvalue weighted by Gasteiger charge is -2.13. The number of aromatic nitrogens is 4. The fraction of sp³-hybridized carbons (Fsp3) is 0.0952. The molecule has 33 heavy (non-hydrogen) atoms. The maximum atomic E-state index is 12.4. The van der Waals surface area contributed by atoms with Crippen LogP contribution in [0.25, 0.3) is 10.8 Å². The average molecular weight is 488 g/mol. The van der Waals surface area contributed by atoms with Gasteiger partial charge in [0.15, 0.2) is 12.4 Å². The van der Waals surface area contributed by atoms with Crippen molar-refractivity contribution in [2.75, 3.05) is 11.9 Å². The summed E-state index contributed by atoms with van der Waals surface area (Å²) in [5.41, 5.74) is 0.499. The first kappa shape index (κ1) is 22.3. The van der Waals surface area contributed by atoms with Crippen molar-refractivity contribution in [3.05, 3.63) is 70.0 Å². The van der Waals surface area contributed by atoms with Gasteiger partial charge in [-0.1, -0.05) is 23.2 Å². The largest absolute Gasteiger partial charge is 0.486 e. The Labute approximate surface area is 196 Å². The highest BCUT2D eigenvalue weighted by molar-refractivity contribution is 6.39. The molecule has 1 amide bonds. The number of hydrogen-bond donors (Lipinski definition) is 3. The van der Waals surface area contributed by atoms with Gasteiger partial charge in [0.2, 0.25) is 0 Å². The fourth-order valence-electron chi connectivity index (χ4n) is 2.99. The maximum Gasteiger partial charge on any atom is 0.335 e. The number of tetrazole rings is 1. The summed E-state index contributed by atoms with van der Waals surface area (Å²) in [5.74, 6) is -0.399. The summed E-state index contributed by atoms with van der Waals surface area (Å²) in [5, 5.41) is 26.9. The Balaban J connectivity index is 1.42. The first-order valence-corrected chi connectivity index (χ1v) is 10.2. The van der Waals surface area contributed by atoms with Crippen LogP contribution in [-0.4, -0.2) is 44.2 Å². The lowest BCUT2D eigenvalue weighted by Crippen LogP contribution is -2.20. The van der Waals surface area contributed by atoms with Gasteiger partial charge in [0, 0.05) is 16.1 Å². The van der Waals surface area contributed by atoms with Crippen LogP contribution in [0.1, 0.15) is 16.2 Å². The molecule has 168 valence electrons. The average Bonchev–Trinajstić information content (AvgIpc) is 3.30. The van der Waals surface area contributed by atoms with Crippen molar-refractivity contribution < 1.29 is 24.2 Å². The number of nitrogens with zero attached hydrogens (tertiary/aromatic N) is 3. The number of ether oxygens (including phenoxy) is 2. The van der Waals surface area contributed by atoms with Crippen molar-refractivity contribution in [3.8, 4) is 11.5 Å². The maximum absolute atomic E-state index is 12.4. The second-order valence-electron chi connectivity index (χ2n) is 6.76. The standard InChI is InChI=1S/C21H15Cl2N5O5/c22-13-6-11-5-12(21(30)31)7-17(20(11)16(23)8-13)33-10-19(29)24-14-1-3-15(4-2-14)32-9-18-25-27-28-26-18/h1-8H,9-10H2,(H,24,29)(H,30,31)(H,25,26,27,28). The van der Waals surface area contributed by atoms with Crippen LogP contribution >= 0.6 is 23.2 Å². The number of amides is 1. The van der Waals surface area contributed by atoms with Gasteiger partial charge >= 0.3 is 5.97 Å². The Morgan fingerprint density at radius 1 is 1.06 bits per heavy atom. The molecule has 0 aliphatic rings. The van der Waals surface area contributed by atoms with E-state index in [-0.39, 0.29) is 29.5 Å². The minimum absolute atomic E-state index is 0.0204. The van der Waals surface area contributed by atoms with Gasteiger partial charge in [0.1, 0.15) is 18.1 Å². The van der Waals surface area contributed by atoms with Crippen LogP contribution in [0.2, 0.25) is 10.0 Å². The molecule has 3 N–H and O–H groups in total. The number of carbonyl (C=O) groups is 2. The molecule has 0 atom stereocenters. The van der Waals surface area contributed by atoms with E-state index in [1.54, 1.807) is 30.3 Å². The molecule has 0 radical (unpaired) electrons. The zero-order valence-electron chi connectivity index (χ0n) is 16.7. The van der Waals surface area contributed by atoms with Gasteiger partial charge in [-0.2, -0.15) is 0 Å². The molecule has 1 heterocycles. The number of carboxylic acids is 1. The molecular weight excluding hydrogens is 473 g/mol. The molecule has 0 fully saturated rings. The number of rotatable bonds is 8. The zero-order valence-corrected chi connectivity index (χ0v) is 18.2. The van der Waals surface area contributed by atoms with Crippen LogP contribution in [0.5, 0.6) is 11.5 Å². The Morgan fingerprint density at radius 3 is 2.55 bits per heavy atom. The topological polar surface area (TPSA) is 139 Å². The number of H-pyrrole nitrogens is 1. The molecule has 1 aromatic heterocycles. The van der Waals surface area contributed by atoms with Gasteiger partial charge in [-0.05, 0) is 64.3 Å². The Bertz CT molecular complexity index is 1310. The summed E-state index contributed by atoms with van der Waals surface area (Å²) in [4.78, 5) is 23.8. The molecule has 0 saturated heterocycles. The third-order valence-corrected chi connectivity index (χ3v) is 4.95.